The first-order chi connectivity index (χ1) is 12.6. The molecule has 0 atom stereocenters. The zero-order valence-electron chi connectivity index (χ0n) is 15.2. The van der Waals surface area contributed by atoms with Crippen LogP contribution in [0.1, 0.15) is 25.3 Å². The van der Waals surface area contributed by atoms with Gasteiger partial charge in [0.15, 0.2) is 4.34 Å². The van der Waals surface area contributed by atoms with E-state index in [9.17, 15) is 4.79 Å². The van der Waals surface area contributed by atoms with Crippen molar-refractivity contribution in [2.45, 2.75) is 37.1 Å². The van der Waals surface area contributed by atoms with Crippen LogP contribution in [0.3, 0.4) is 0 Å². The molecule has 1 aromatic heterocycles. The van der Waals surface area contributed by atoms with Gasteiger partial charge in [0.2, 0.25) is 11.0 Å². The molecule has 0 spiro atoms. The van der Waals surface area contributed by atoms with E-state index in [1.807, 2.05) is 12.1 Å². The first kappa shape index (κ1) is 19.1. The molecule has 1 aliphatic heterocycles. The van der Waals surface area contributed by atoms with Crippen molar-refractivity contribution in [2.75, 3.05) is 30.7 Å². The number of nitrogens with one attached hydrogen (secondary N) is 2. The molecule has 8 heteroatoms. The number of aryl methyl sites for hydroxylation is 1. The number of likely N-dealkylation sites (tertiary alicyclic amines) is 1. The molecule has 3 rings (SSSR count). The molecular weight excluding hydrogens is 366 g/mol. The van der Waals surface area contributed by atoms with Gasteiger partial charge in [-0.15, -0.1) is 10.2 Å². The lowest BCUT2D eigenvalue weighted by molar-refractivity contribution is -0.119. The Morgan fingerprint density at radius 2 is 2.15 bits per heavy atom. The number of amides is 1. The number of anilines is 2. The summed E-state index contributed by atoms with van der Waals surface area (Å²) in [6.07, 6.45) is 2.07. The number of thioether (sulfide) groups is 1. The van der Waals surface area contributed by atoms with Gasteiger partial charge in [0.25, 0.3) is 0 Å². The van der Waals surface area contributed by atoms with Gasteiger partial charge in [-0.05, 0) is 44.0 Å². The molecule has 2 aromatic rings. The van der Waals surface area contributed by atoms with Crippen LogP contribution in [0.4, 0.5) is 10.8 Å². The van der Waals surface area contributed by atoms with E-state index in [2.05, 4.69) is 51.7 Å². The average molecular weight is 392 g/mol. The maximum atomic E-state index is 12.2. The normalized spacial score (nSPS) is 15.8. The minimum atomic E-state index is 0.0772. The highest BCUT2D eigenvalue weighted by molar-refractivity contribution is 8.01. The molecule has 1 saturated heterocycles. The van der Waals surface area contributed by atoms with Crippen LogP contribution in [-0.4, -0.2) is 52.4 Å². The van der Waals surface area contributed by atoms with E-state index in [0.29, 0.717) is 11.8 Å². The fourth-order valence-corrected chi connectivity index (χ4v) is 4.54. The van der Waals surface area contributed by atoms with Gasteiger partial charge in [0.05, 0.1) is 5.75 Å². The molecule has 6 nitrogen and oxygen atoms in total. The molecule has 1 fully saturated rings. The number of aromatic nitrogens is 2. The third kappa shape index (κ3) is 5.69. The summed E-state index contributed by atoms with van der Waals surface area (Å²) in [6, 6.07) is 8.42. The first-order valence-electron chi connectivity index (χ1n) is 8.94. The van der Waals surface area contributed by atoms with E-state index >= 15 is 0 Å². The van der Waals surface area contributed by atoms with E-state index in [1.54, 1.807) is 0 Å². The SMILES string of the molecule is CCN1CCC(NC(=O)CSc2nnc(Nc3cccc(C)c3)s2)CC1. The van der Waals surface area contributed by atoms with Gasteiger partial charge in [-0.2, -0.15) is 0 Å². The summed E-state index contributed by atoms with van der Waals surface area (Å²) in [6.45, 7) is 7.46. The Morgan fingerprint density at radius 3 is 2.88 bits per heavy atom. The Kier molecular flexibility index (Phi) is 6.87. The van der Waals surface area contributed by atoms with Crippen LogP contribution in [0.25, 0.3) is 0 Å². The second-order valence-electron chi connectivity index (χ2n) is 6.43. The molecule has 1 aliphatic rings. The van der Waals surface area contributed by atoms with Crippen molar-refractivity contribution in [1.82, 2.24) is 20.4 Å². The maximum Gasteiger partial charge on any atom is 0.230 e. The van der Waals surface area contributed by atoms with Crippen molar-refractivity contribution in [3.05, 3.63) is 29.8 Å². The first-order valence-corrected chi connectivity index (χ1v) is 10.7. The van der Waals surface area contributed by atoms with Gasteiger partial charge in [0.1, 0.15) is 0 Å². The van der Waals surface area contributed by atoms with Crippen LogP contribution >= 0.6 is 23.1 Å². The highest BCUT2D eigenvalue weighted by Crippen LogP contribution is 2.27. The highest BCUT2D eigenvalue weighted by atomic mass is 32.2. The number of carbonyl (C=O) groups excluding carboxylic acids is 1. The Balaban J connectivity index is 1.42. The monoisotopic (exact) mass is 391 g/mol. The molecule has 2 heterocycles. The summed E-state index contributed by atoms with van der Waals surface area (Å²) in [5.41, 5.74) is 2.18. The third-order valence-electron chi connectivity index (χ3n) is 4.40. The van der Waals surface area contributed by atoms with E-state index < -0.39 is 0 Å². The second kappa shape index (κ2) is 9.34. The lowest BCUT2D eigenvalue weighted by Crippen LogP contribution is -2.45. The maximum absolute atomic E-state index is 12.2. The predicted octanol–water partition coefficient (Wildman–Crippen LogP) is 3.28. The lowest BCUT2D eigenvalue weighted by atomic mass is 10.1. The van der Waals surface area contributed by atoms with Crippen molar-refractivity contribution in [1.29, 1.82) is 0 Å². The number of nitrogens with zero attached hydrogens (tertiary/aromatic N) is 3. The topological polar surface area (TPSA) is 70.2 Å². The van der Waals surface area contributed by atoms with Crippen LogP contribution in [0.15, 0.2) is 28.6 Å². The average Bonchev–Trinajstić information content (AvgIpc) is 3.08. The minimum Gasteiger partial charge on any atom is -0.353 e. The molecular formula is C18H25N5OS2. The quantitative estimate of drug-likeness (QED) is 0.706. The Bertz CT molecular complexity index is 728. The second-order valence-corrected chi connectivity index (χ2v) is 8.63. The van der Waals surface area contributed by atoms with E-state index in [0.717, 1.165) is 47.6 Å². The van der Waals surface area contributed by atoms with Gasteiger partial charge in [-0.3, -0.25) is 4.79 Å². The van der Waals surface area contributed by atoms with Gasteiger partial charge in [-0.1, -0.05) is 42.2 Å². The van der Waals surface area contributed by atoms with Crippen molar-refractivity contribution in [2.24, 2.45) is 0 Å². The van der Waals surface area contributed by atoms with Crippen LogP contribution in [0.5, 0.6) is 0 Å². The molecule has 1 aromatic carbocycles. The minimum absolute atomic E-state index is 0.0772. The number of hydrogen-bond acceptors (Lipinski definition) is 7. The zero-order valence-corrected chi connectivity index (χ0v) is 16.8. The van der Waals surface area contributed by atoms with Crippen LogP contribution in [0, 0.1) is 6.92 Å². The molecule has 2 N–H and O–H groups in total. The third-order valence-corrected chi connectivity index (χ3v) is 6.37. The predicted molar refractivity (Wildman–Crippen MR) is 108 cm³/mol. The van der Waals surface area contributed by atoms with E-state index in [4.69, 9.17) is 0 Å². The number of hydrogen-bond donors (Lipinski definition) is 2. The van der Waals surface area contributed by atoms with Gasteiger partial charge in [0, 0.05) is 24.8 Å². The fourth-order valence-electron chi connectivity index (χ4n) is 2.96. The standard InChI is InChI=1S/C18H25N5OS2/c1-3-23-9-7-14(8-10-23)19-16(24)12-25-18-22-21-17(26-18)20-15-6-4-5-13(2)11-15/h4-6,11,14H,3,7-10,12H2,1-2H3,(H,19,24)(H,20,21). The summed E-state index contributed by atoms with van der Waals surface area (Å²) >= 11 is 2.91. The molecule has 0 aliphatic carbocycles. The molecule has 0 bridgehead atoms. The molecule has 0 radical (unpaired) electrons. The molecule has 0 saturated carbocycles. The lowest BCUT2D eigenvalue weighted by Gasteiger charge is -2.31. The fraction of sp³-hybridized carbons (Fsp3) is 0.500. The van der Waals surface area contributed by atoms with Gasteiger partial charge < -0.3 is 15.5 Å². The number of piperidine rings is 1. The van der Waals surface area contributed by atoms with E-state index in [-0.39, 0.29) is 5.91 Å². The smallest absolute Gasteiger partial charge is 0.230 e. The molecule has 140 valence electrons. The van der Waals surface area contributed by atoms with Gasteiger partial charge in [-0.25, -0.2) is 0 Å². The zero-order chi connectivity index (χ0) is 18.4. The number of rotatable bonds is 7. The molecule has 0 unspecified atom stereocenters. The number of carbonyl (C=O) groups is 1. The largest absolute Gasteiger partial charge is 0.353 e. The summed E-state index contributed by atoms with van der Waals surface area (Å²) in [7, 11) is 0. The Morgan fingerprint density at radius 1 is 1.35 bits per heavy atom. The Labute approximate surface area is 162 Å². The van der Waals surface area contributed by atoms with Crippen molar-refractivity contribution in [3.63, 3.8) is 0 Å². The van der Waals surface area contributed by atoms with E-state index in [1.165, 1.54) is 28.7 Å². The summed E-state index contributed by atoms with van der Waals surface area (Å²) in [5.74, 6) is 0.459. The summed E-state index contributed by atoms with van der Waals surface area (Å²) in [5, 5.41) is 15.4. The van der Waals surface area contributed by atoms with Crippen molar-refractivity contribution < 1.29 is 4.79 Å². The highest BCUT2D eigenvalue weighted by Gasteiger charge is 2.19. The number of benzene rings is 1. The van der Waals surface area contributed by atoms with Crippen LogP contribution < -0.4 is 10.6 Å². The molecule has 26 heavy (non-hydrogen) atoms. The van der Waals surface area contributed by atoms with Crippen molar-refractivity contribution in [3.8, 4) is 0 Å². The van der Waals surface area contributed by atoms with Crippen molar-refractivity contribution >= 4 is 39.8 Å². The molecule has 1 amide bonds. The summed E-state index contributed by atoms with van der Waals surface area (Å²) < 4.78 is 0.802. The Hall–Kier alpha value is -1.64. The summed E-state index contributed by atoms with van der Waals surface area (Å²) in [4.78, 5) is 14.6. The van der Waals surface area contributed by atoms with Gasteiger partial charge >= 0.3 is 0 Å². The van der Waals surface area contributed by atoms with Crippen LogP contribution in [0.2, 0.25) is 0 Å². The van der Waals surface area contributed by atoms with Crippen LogP contribution in [-0.2, 0) is 4.79 Å².